The predicted octanol–water partition coefficient (Wildman–Crippen LogP) is 6.89. The van der Waals surface area contributed by atoms with Crippen molar-refractivity contribution < 1.29 is 53.8 Å². The van der Waals surface area contributed by atoms with Crippen molar-refractivity contribution in [3.8, 4) is 23.0 Å². The van der Waals surface area contributed by atoms with Crippen LogP contribution in [0.25, 0.3) is 22.0 Å². The molecule has 0 radical (unpaired) electrons. The van der Waals surface area contributed by atoms with E-state index in [0.29, 0.717) is 34.7 Å². The molecule has 3 heterocycles. The van der Waals surface area contributed by atoms with Gasteiger partial charge in [0.15, 0.2) is 26.5 Å². The van der Waals surface area contributed by atoms with Crippen LogP contribution in [0.15, 0.2) is 42.5 Å². The van der Waals surface area contributed by atoms with E-state index in [9.17, 15) is 45.1 Å². The SMILES string of the molecule is Cn1nc(NC(=S)NNC(=O)C(C)(C)O)c2c(Cl)ccc(-c3ccc(C#CC(C)(C)S(=O)(=O)C4CC4)nc3[C@H](Cc3cc(F)cc(F)c3)NC(=O)Cn3nc(C(F)(F)F)c4c3C(F)(F)C3C[C@H]43)c21. The van der Waals surface area contributed by atoms with Gasteiger partial charge in [0.25, 0.3) is 11.8 Å². The summed E-state index contributed by atoms with van der Waals surface area (Å²) in [6, 6.07) is 7.11. The fourth-order valence-corrected chi connectivity index (χ4v) is 10.5. The third-order valence-electron chi connectivity index (χ3n) is 11.9. The first-order valence-electron chi connectivity index (χ1n) is 20.9. The van der Waals surface area contributed by atoms with Gasteiger partial charge in [-0.25, -0.2) is 22.2 Å². The lowest BCUT2D eigenvalue weighted by atomic mass is 9.93. The van der Waals surface area contributed by atoms with Gasteiger partial charge in [-0.2, -0.15) is 32.1 Å². The summed E-state index contributed by atoms with van der Waals surface area (Å²) in [4.78, 5) is 31.2. The van der Waals surface area contributed by atoms with Crippen molar-refractivity contribution in [2.75, 3.05) is 5.32 Å². The normalized spacial score (nSPS) is 18.0. The van der Waals surface area contributed by atoms with E-state index in [-0.39, 0.29) is 50.3 Å². The molecule has 2 aromatic carbocycles. The summed E-state index contributed by atoms with van der Waals surface area (Å²) < 4.78 is 130. The number of sulfone groups is 1. The molecule has 3 aliphatic carbocycles. The van der Waals surface area contributed by atoms with Crippen LogP contribution in [0.2, 0.25) is 5.02 Å². The van der Waals surface area contributed by atoms with Gasteiger partial charge in [0.2, 0.25) is 5.91 Å². The van der Waals surface area contributed by atoms with E-state index in [1.54, 1.807) is 13.1 Å². The van der Waals surface area contributed by atoms with Crippen LogP contribution < -0.4 is 21.5 Å². The summed E-state index contributed by atoms with van der Waals surface area (Å²) in [5.74, 6) is -4.47. The summed E-state index contributed by atoms with van der Waals surface area (Å²) in [5.41, 5.74) is 0.406. The van der Waals surface area contributed by atoms with Crippen LogP contribution in [0.5, 0.6) is 0 Å². The number of hydrazine groups is 1. The van der Waals surface area contributed by atoms with Crippen LogP contribution in [-0.4, -0.2) is 70.6 Å². The number of halogens is 8. The molecule has 2 saturated carbocycles. The van der Waals surface area contributed by atoms with Crippen LogP contribution in [0.1, 0.15) is 92.8 Å². The molecule has 14 nitrogen and oxygen atoms in total. The van der Waals surface area contributed by atoms with Gasteiger partial charge in [-0.05, 0) is 113 Å². The van der Waals surface area contributed by atoms with E-state index in [0.717, 1.165) is 12.1 Å². The monoisotopic (exact) mass is 1010 g/mol. The van der Waals surface area contributed by atoms with Crippen LogP contribution in [-0.2, 0) is 51.5 Å². The fraction of sp³-hybridized carbons (Fsp3) is 0.409. The minimum absolute atomic E-state index is 0.0341. The van der Waals surface area contributed by atoms with E-state index in [2.05, 4.69) is 43.5 Å². The Kier molecular flexibility index (Phi) is 12.1. The first-order chi connectivity index (χ1) is 31.6. The Hall–Kier alpha value is -5.83. The Balaban J connectivity index is 1.25. The number of aryl methyl sites for hydroxylation is 1. The number of hydrogen-bond acceptors (Lipinski definition) is 9. The highest BCUT2D eigenvalue weighted by Gasteiger charge is 2.68. The van der Waals surface area contributed by atoms with E-state index in [1.165, 1.54) is 50.6 Å². The van der Waals surface area contributed by atoms with Crippen molar-refractivity contribution in [3.05, 3.63) is 93.0 Å². The number of fused-ring (bicyclic) bond motifs is 4. The molecule has 3 atom stereocenters. The van der Waals surface area contributed by atoms with Gasteiger partial charge in [0.1, 0.15) is 39.9 Å². The molecule has 3 aromatic heterocycles. The highest BCUT2D eigenvalue weighted by atomic mass is 35.5. The zero-order valence-corrected chi connectivity index (χ0v) is 38.9. The lowest BCUT2D eigenvalue weighted by molar-refractivity contribution is -0.142. The number of nitrogens with zero attached hydrogens (tertiary/aromatic N) is 5. The molecule has 5 N–H and O–H groups in total. The van der Waals surface area contributed by atoms with Crippen LogP contribution in [0.4, 0.5) is 36.6 Å². The van der Waals surface area contributed by atoms with Gasteiger partial charge in [-0.1, -0.05) is 23.6 Å². The van der Waals surface area contributed by atoms with Gasteiger partial charge in [0, 0.05) is 35.7 Å². The third-order valence-corrected chi connectivity index (χ3v) is 15.3. The molecule has 8 rings (SSSR count). The molecule has 3 aliphatic rings. The fourth-order valence-electron chi connectivity index (χ4n) is 8.36. The van der Waals surface area contributed by atoms with Gasteiger partial charge in [-0.15, -0.1) is 0 Å². The van der Waals surface area contributed by atoms with Crippen molar-refractivity contribution in [1.82, 2.24) is 40.7 Å². The molecule has 0 bridgehead atoms. The molecule has 0 spiro atoms. The van der Waals surface area contributed by atoms with Crippen LogP contribution >= 0.6 is 23.8 Å². The maximum Gasteiger partial charge on any atom is 0.435 e. The van der Waals surface area contributed by atoms with Gasteiger partial charge >= 0.3 is 6.18 Å². The maximum absolute atomic E-state index is 15.6. The zero-order chi connectivity index (χ0) is 49.6. The molecular weight excluding hydrogens is 967 g/mol. The number of carbonyl (C=O) groups is 2. The molecule has 0 aliphatic heterocycles. The number of nitrogens with one attached hydrogen (secondary N) is 4. The topological polar surface area (TPSA) is 185 Å². The van der Waals surface area contributed by atoms with Gasteiger partial charge in [0.05, 0.1) is 32.9 Å². The first kappa shape index (κ1) is 48.6. The van der Waals surface area contributed by atoms with Gasteiger partial charge < -0.3 is 15.7 Å². The summed E-state index contributed by atoms with van der Waals surface area (Å²) in [6.07, 6.45) is -4.79. The molecule has 0 saturated heterocycles. The smallest absolute Gasteiger partial charge is 0.381 e. The molecule has 360 valence electrons. The minimum Gasteiger partial charge on any atom is -0.381 e. The third kappa shape index (κ3) is 9.22. The van der Waals surface area contributed by atoms with Crippen molar-refractivity contribution in [2.24, 2.45) is 13.0 Å². The van der Waals surface area contributed by atoms with Crippen molar-refractivity contribution in [3.63, 3.8) is 0 Å². The first-order valence-corrected chi connectivity index (χ1v) is 23.2. The number of amides is 2. The standard InChI is InChI=1S/C44H41ClF7N9O5S2/c1-41(2,68(65,66)24-7-8-24)13-12-23-6-9-25(26-10-11-29(45)33-35(26)60(5)59-38(33)55-40(67)57-56-39(63)42(3,4)64)34(53-23)30(16-20-14-21(46)17-22(47)15-20)54-31(62)19-61-37-32(36(58-61)44(50,51)52)27-18-28(27)43(37,48)49/h6,9-11,14-15,17,24,27-28,30,64H,7-8,16,18-19H2,1-5H3,(H,54,62)(H,56,63)(H2,55,57,59,67)/t27-,28?,30-/m0/s1. The molecule has 1 unspecified atom stereocenters. The summed E-state index contributed by atoms with van der Waals surface area (Å²) in [7, 11) is -2.17. The quantitative estimate of drug-likeness (QED) is 0.0402. The highest BCUT2D eigenvalue weighted by molar-refractivity contribution is 7.93. The number of benzene rings is 2. The largest absolute Gasteiger partial charge is 0.435 e. The zero-order valence-electron chi connectivity index (χ0n) is 36.5. The second-order valence-electron chi connectivity index (χ2n) is 18.0. The van der Waals surface area contributed by atoms with Crippen molar-refractivity contribution in [2.45, 2.75) is 99.6 Å². The van der Waals surface area contributed by atoms with Crippen LogP contribution in [0.3, 0.4) is 0 Å². The number of pyridine rings is 1. The second kappa shape index (κ2) is 17.0. The number of aliphatic hydroxyl groups is 1. The predicted molar refractivity (Wildman–Crippen MR) is 239 cm³/mol. The Labute approximate surface area is 394 Å². The van der Waals surface area contributed by atoms with E-state index < -0.39 is 109 Å². The average Bonchev–Trinajstić information content (AvgIpc) is 4.15. The van der Waals surface area contributed by atoms with Gasteiger partial charge in [-0.3, -0.25) is 29.8 Å². The molecular formula is C44H41ClF7N9O5S2. The second-order valence-corrected chi connectivity index (χ2v) is 21.5. The average molecular weight is 1010 g/mol. The molecule has 5 aromatic rings. The Morgan fingerprint density at radius 2 is 1.68 bits per heavy atom. The maximum atomic E-state index is 15.6. The van der Waals surface area contributed by atoms with E-state index in [4.69, 9.17) is 28.8 Å². The number of alkyl halides is 5. The van der Waals surface area contributed by atoms with E-state index in [1.807, 2.05) is 0 Å². The Morgan fingerprint density at radius 3 is 2.31 bits per heavy atom. The molecule has 2 amide bonds. The number of thiocarbonyl (C=S) groups is 1. The Morgan fingerprint density at radius 1 is 1.01 bits per heavy atom. The van der Waals surface area contributed by atoms with Crippen LogP contribution in [0, 0.1) is 29.4 Å². The summed E-state index contributed by atoms with van der Waals surface area (Å²) in [6.45, 7) is 4.26. The number of aromatic nitrogens is 5. The summed E-state index contributed by atoms with van der Waals surface area (Å²) in [5, 5.41) is 23.1. The minimum atomic E-state index is -5.12. The number of rotatable bonds is 11. The van der Waals surface area contributed by atoms with Crippen molar-refractivity contribution >= 4 is 67.3 Å². The van der Waals surface area contributed by atoms with Crippen molar-refractivity contribution in [1.29, 1.82) is 0 Å². The number of hydrogen-bond donors (Lipinski definition) is 5. The molecule has 2 fully saturated rings. The summed E-state index contributed by atoms with van der Waals surface area (Å²) >= 11 is 12.1. The Bertz CT molecular complexity index is 3100. The van der Waals surface area contributed by atoms with E-state index >= 15 is 8.78 Å². The number of carbonyl (C=O) groups excluding carboxylic acids is 2. The lowest BCUT2D eigenvalue weighted by Crippen LogP contribution is -2.51. The number of anilines is 1. The molecule has 24 heteroatoms. The lowest BCUT2D eigenvalue weighted by Gasteiger charge is -2.23. The highest BCUT2D eigenvalue weighted by Crippen LogP contribution is 2.68. The molecule has 68 heavy (non-hydrogen) atoms.